The molecule has 18 heavy (non-hydrogen) atoms. The van der Waals surface area contributed by atoms with E-state index in [9.17, 15) is 21.9 Å². The zero-order valence-electron chi connectivity index (χ0n) is 10.7. The molecular formula is C10H21NO5S2. The first-order chi connectivity index (χ1) is 8.08. The van der Waals surface area contributed by atoms with E-state index in [1.165, 1.54) is 10.6 Å². The number of rotatable bonds is 5. The highest BCUT2D eigenvalue weighted by Gasteiger charge is 2.27. The van der Waals surface area contributed by atoms with Gasteiger partial charge in [0.2, 0.25) is 10.0 Å². The van der Waals surface area contributed by atoms with Crippen LogP contribution < -0.4 is 0 Å². The standard InChI is InChI=1S/C10H21NO5S2/c1-17(13,14)8-10(12)6-9-4-3-5-11(7-9)18(2,15)16/h9-10,12H,3-8H2,1-2H3. The third-order valence-corrected chi connectivity index (χ3v) is 5.31. The van der Waals surface area contributed by atoms with Crippen LogP contribution in [0.1, 0.15) is 19.3 Å². The Morgan fingerprint density at radius 2 is 1.89 bits per heavy atom. The van der Waals surface area contributed by atoms with Crippen molar-refractivity contribution < 1.29 is 21.9 Å². The van der Waals surface area contributed by atoms with Crippen molar-refractivity contribution >= 4 is 19.9 Å². The van der Waals surface area contributed by atoms with E-state index in [1.54, 1.807) is 0 Å². The largest absolute Gasteiger partial charge is 0.392 e. The van der Waals surface area contributed by atoms with Crippen LogP contribution in [-0.4, -0.2) is 63.7 Å². The van der Waals surface area contributed by atoms with Crippen molar-refractivity contribution in [2.75, 3.05) is 31.4 Å². The Balaban J connectivity index is 2.53. The zero-order chi connectivity index (χ0) is 14.0. The molecule has 1 saturated heterocycles. The monoisotopic (exact) mass is 299 g/mol. The lowest BCUT2D eigenvalue weighted by Crippen LogP contribution is -2.40. The van der Waals surface area contributed by atoms with Crippen LogP contribution >= 0.6 is 0 Å². The second-order valence-corrected chi connectivity index (χ2v) is 9.28. The van der Waals surface area contributed by atoms with Crippen LogP contribution in [0.25, 0.3) is 0 Å². The lowest BCUT2D eigenvalue weighted by atomic mass is 9.94. The number of hydrogen-bond acceptors (Lipinski definition) is 5. The van der Waals surface area contributed by atoms with E-state index >= 15 is 0 Å². The van der Waals surface area contributed by atoms with Gasteiger partial charge < -0.3 is 5.11 Å². The van der Waals surface area contributed by atoms with Crippen LogP contribution in [0.2, 0.25) is 0 Å². The molecule has 2 unspecified atom stereocenters. The SMILES string of the molecule is CS(=O)(=O)CC(O)CC1CCCN(S(C)(=O)=O)C1. The van der Waals surface area contributed by atoms with Crippen LogP contribution in [0.4, 0.5) is 0 Å². The minimum atomic E-state index is -3.20. The summed E-state index contributed by atoms with van der Waals surface area (Å²) in [6, 6.07) is 0. The van der Waals surface area contributed by atoms with E-state index in [1.807, 2.05) is 0 Å². The molecule has 1 fully saturated rings. The summed E-state index contributed by atoms with van der Waals surface area (Å²) in [5.41, 5.74) is 0. The normalized spacial score (nSPS) is 24.9. The highest BCUT2D eigenvalue weighted by atomic mass is 32.2. The fourth-order valence-corrected chi connectivity index (χ4v) is 4.10. The summed E-state index contributed by atoms with van der Waals surface area (Å²) in [6.45, 7) is 0.886. The Bertz CT molecular complexity index is 470. The van der Waals surface area contributed by atoms with Gasteiger partial charge in [0.1, 0.15) is 9.84 Å². The lowest BCUT2D eigenvalue weighted by Gasteiger charge is -2.31. The van der Waals surface area contributed by atoms with Gasteiger partial charge in [-0.3, -0.25) is 0 Å². The molecule has 1 aliphatic rings. The summed E-state index contributed by atoms with van der Waals surface area (Å²) in [5, 5.41) is 9.68. The fourth-order valence-electron chi connectivity index (χ4n) is 2.32. The smallest absolute Gasteiger partial charge is 0.211 e. The number of aliphatic hydroxyl groups is 1. The molecular weight excluding hydrogens is 278 g/mol. The third kappa shape index (κ3) is 5.64. The van der Waals surface area contributed by atoms with E-state index < -0.39 is 26.0 Å². The second-order valence-electron chi connectivity index (χ2n) is 5.11. The highest BCUT2D eigenvalue weighted by molar-refractivity contribution is 7.90. The molecule has 0 aliphatic carbocycles. The molecule has 0 bridgehead atoms. The maximum atomic E-state index is 11.4. The first kappa shape index (κ1) is 15.9. The van der Waals surface area contributed by atoms with Crippen LogP contribution in [0.15, 0.2) is 0 Å². The van der Waals surface area contributed by atoms with E-state index in [2.05, 4.69) is 0 Å². The minimum absolute atomic E-state index is 0.0326. The summed E-state index contributed by atoms with van der Waals surface area (Å²) in [7, 11) is -6.39. The van der Waals surface area contributed by atoms with Crippen LogP contribution in [-0.2, 0) is 19.9 Å². The number of aliphatic hydroxyl groups excluding tert-OH is 1. The minimum Gasteiger partial charge on any atom is -0.392 e. The van der Waals surface area contributed by atoms with Gasteiger partial charge in [-0.05, 0) is 25.2 Å². The van der Waals surface area contributed by atoms with Crippen molar-refractivity contribution in [2.24, 2.45) is 5.92 Å². The number of sulfone groups is 1. The summed E-state index contributed by atoms with van der Waals surface area (Å²) >= 11 is 0. The van der Waals surface area contributed by atoms with Gasteiger partial charge >= 0.3 is 0 Å². The maximum Gasteiger partial charge on any atom is 0.211 e. The Kier molecular flexibility index (Phi) is 5.16. The summed E-state index contributed by atoms with van der Waals surface area (Å²) in [5.74, 6) is -0.229. The number of hydrogen-bond donors (Lipinski definition) is 1. The molecule has 6 nitrogen and oxygen atoms in total. The molecule has 0 aromatic rings. The molecule has 0 radical (unpaired) electrons. The first-order valence-corrected chi connectivity index (χ1v) is 9.80. The van der Waals surface area contributed by atoms with Crippen molar-refractivity contribution in [2.45, 2.75) is 25.4 Å². The first-order valence-electron chi connectivity index (χ1n) is 5.89. The second kappa shape index (κ2) is 5.85. The van der Waals surface area contributed by atoms with Crippen LogP contribution in [0, 0.1) is 5.92 Å². The predicted molar refractivity (Wildman–Crippen MR) is 69.5 cm³/mol. The summed E-state index contributed by atoms with van der Waals surface area (Å²) < 4.78 is 46.3. The van der Waals surface area contributed by atoms with Gasteiger partial charge in [-0.1, -0.05) is 0 Å². The molecule has 1 heterocycles. The van der Waals surface area contributed by atoms with Gasteiger partial charge in [0.25, 0.3) is 0 Å². The Morgan fingerprint density at radius 1 is 1.28 bits per heavy atom. The van der Waals surface area contributed by atoms with Crippen molar-refractivity contribution in [3.8, 4) is 0 Å². The average Bonchev–Trinajstić information content (AvgIpc) is 2.13. The predicted octanol–water partition coefficient (Wildman–Crippen LogP) is -0.546. The van der Waals surface area contributed by atoms with Gasteiger partial charge in [-0.2, -0.15) is 0 Å². The summed E-state index contributed by atoms with van der Waals surface area (Å²) in [4.78, 5) is 0. The molecule has 0 amide bonds. The Labute approximate surface area is 109 Å². The molecule has 1 rings (SSSR count). The van der Waals surface area contributed by atoms with Gasteiger partial charge in [0, 0.05) is 19.3 Å². The zero-order valence-corrected chi connectivity index (χ0v) is 12.4. The van der Waals surface area contributed by atoms with Crippen LogP contribution in [0.3, 0.4) is 0 Å². The van der Waals surface area contributed by atoms with Gasteiger partial charge in [-0.15, -0.1) is 0 Å². The van der Waals surface area contributed by atoms with E-state index in [-0.39, 0.29) is 11.7 Å². The molecule has 8 heteroatoms. The number of nitrogens with zero attached hydrogens (tertiary/aromatic N) is 1. The molecule has 1 N–H and O–H groups in total. The highest BCUT2D eigenvalue weighted by Crippen LogP contribution is 2.23. The molecule has 2 atom stereocenters. The molecule has 0 aromatic heterocycles. The van der Waals surface area contributed by atoms with Crippen molar-refractivity contribution in [1.82, 2.24) is 4.31 Å². The van der Waals surface area contributed by atoms with Gasteiger partial charge in [-0.25, -0.2) is 21.1 Å². The van der Waals surface area contributed by atoms with Gasteiger partial charge in [0.05, 0.1) is 18.1 Å². The van der Waals surface area contributed by atoms with E-state index in [0.29, 0.717) is 19.5 Å². The molecule has 108 valence electrons. The maximum absolute atomic E-state index is 11.4. The third-order valence-electron chi connectivity index (χ3n) is 3.05. The topological polar surface area (TPSA) is 91.8 Å². The Hall–Kier alpha value is -0.180. The molecule has 0 spiro atoms. The molecule has 0 saturated carbocycles. The number of sulfonamides is 1. The van der Waals surface area contributed by atoms with Crippen molar-refractivity contribution in [3.63, 3.8) is 0 Å². The van der Waals surface area contributed by atoms with E-state index in [4.69, 9.17) is 0 Å². The quantitative estimate of drug-likeness (QED) is 0.735. The lowest BCUT2D eigenvalue weighted by molar-refractivity contribution is 0.138. The molecule has 1 aliphatic heterocycles. The van der Waals surface area contributed by atoms with Gasteiger partial charge in [0.15, 0.2) is 0 Å². The van der Waals surface area contributed by atoms with E-state index in [0.717, 1.165) is 19.1 Å². The summed E-state index contributed by atoms with van der Waals surface area (Å²) in [6.07, 6.45) is 3.25. The van der Waals surface area contributed by atoms with Crippen molar-refractivity contribution in [1.29, 1.82) is 0 Å². The molecule has 0 aromatic carbocycles. The number of piperidine rings is 1. The fraction of sp³-hybridized carbons (Fsp3) is 1.00. The van der Waals surface area contributed by atoms with Crippen LogP contribution in [0.5, 0.6) is 0 Å². The van der Waals surface area contributed by atoms with Crippen molar-refractivity contribution in [3.05, 3.63) is 0 Å². The Morgan fingerprint density at radius 3 is 2.39 bits per heavy atom. The average molecular weight is 299 g/mol.